The van der Waals surface area contributed by atoms with Crippen molar-refractivity contribution in [3.63, 3.8) is 0 Å². The molecule has 0 aromatic heterocycles. The summed E-state index contributed by atoms with van der Waals surface area (Å²) >= 11 is 0. The fraction of sp³-hybridized carbons (Fsp3) is 0.929. The van der Waals surface area contributed by atoms with Gasteiger partial charge in [-0.1, -0.05) is 6.92 Å². The molecule has 2 rings (SSSR count). The Morgan fingerprint density at radius 2 is 1.56 bits per heavy atom. The minimum atomic E-state index is 0.648. The maximum atomic E-state index is 5.41. The predicted molar refractivity (Wildman–Crippen MR) is 72.6 cm³/mol. The topological polar surface area (TPSA) is 24.9 Å². The third-order valence-electron chi connectivity index (χ3n) is 4.01. The zero-order chi connectivity index (χ0) is 12.6. The van der Waals surface area contributed by atoms with E-state index in [0.29, 0.717) is 6.04 Å². The molecule has 0 aromatic rings. The van der Waals surface area contributed by atoms with Gasteiger partial charge in [0.15, 0.2) is 0 Å². The summed E-state index contributed by atoms with van der Waals surface area (Å²) in [6.07, 6.45) is 3.56. The molecule has 0 aliphatic carbocycles. The molecule has 1 atom stereocenters. The van der Waals surface area contributed by atoms with Crippen LogP contribution in [0.4, 0.5) is 0 Å². The molecule has 2 aliphatic heterocycles. The fourth-order valence-electron chi connectivity index (χ4n) is 2.83. The van der Waals surface area contributed by atoms with Gasteiger partial charge in [0.1, 0.15) is 0 Å². The molecule has 2 saturated heterocycles. The second kappa shape index (κ2) is 8.10. The van der Waals surface area contributed by atoms with Gasteiger partial charge in [-0.15, -0.1) is 0 Å². The molecular formula is C14H27N2O2. The van der Waals surface area contributed by atoms with Crippen molar-refractivity contribution >= 4 is 0 Å². The molecule has 4 nitrogen and oxygen atoms in total. The van der Waals surface area contributed by atoms with Gasteiger partial charge in [-0.05, 0) is 25.8 Å². The number of ether oxygens (including phenoxy) is 2. The molecule has 2 heterocycles. The molecule has 1 radical (unpaired) electrons. The van der Waals surface area contributed by atoms with E-state index in [4.69, 9.17) is 9.47 Å². The Labute approximate surface area is 111 Å². The van der Waals surface area contributed by atoms with E-state index in [1.807, 2.05) is 0 Å². The van der Waals surface area contributed by atoms with E-state index in [1.54, 1.807) is 0 Å². The fourth-order valence-corrected chi connectivity index (χ4v) is 2.83. The molecule has 105 valence electrons. The summed E-state index contributed by atoms with van der Waals surface area (Å²) in [6, 6.07) is 0.648. The molecule has 18 heavy (non-hydrogen) atoms. The van der Waals surface area contributed by atoms with Crippen molar-refractivity contribution in [3.8, 4) is 0 Å². The van der Waals surface area contributed by atoms with Crippen molar-refractivity contribution in [1.82, 2.24) is 9.80 Å². The molecule has 0 aromatic carbocycles. The van der Waals surface area contributed by atoms with Crippen LogP contribution in [0.15, 0.2) is 0 Å². The summed E-state index contributed by atoms with van der Waals surface area (Å²) < 4.78 is 10.8. The molecule has 4 heteroatoms. The van der Waals surface area contributed by atoms with E-state index < -0.39 is 0 Å². The van der Waals surface area contributed by atoms with Gasteiger partial charge in [-0.3, -0.25) is 9.80 Å². The van der Waals surface area contributed by atoms with Gasteiger partial charge in [-0.25, -0.2) is 0 Å². The summed E-state index contributed by atoms with van der Waals surface area (Å²) in [7, 11) is 0. The molecule has 0 bridgehead atoms. The third kappa shape index (κ3) is 4.50. The van der Waals surface area contributed by atoms with Gasteiger partial charge in [0.25, 0.3) is 0 Å². The summed E-state index contributed by atoms with van der Waals surface area (Å²) in [5, 5.41) is 0. The lowest BCUT2D eigenvalue weighted by molar-refractivity contribution is 0.0119. The van der Waals surface area contributed by atoms with Crippen LogP contribution in [0, 0.1) is 6.92 Å². The SMILES string of the molecule is [CH2]CC(CCCN1CCOCC1)N1CCOCC1. The van der Waals surface area contributed by atoms with Crippen LogP contribution < -0.4 is 0 Å². The first kappa shape index (κ1) is 14.3. The normalized spacial score (nSPS) is 25.2. The first-order valence-electron chi connectivity index (χ1n) is 7.31. The summed E-state index contributed by atoms with van der Waals surface area (Å²) in [5.41, 5.74) is 0. The van der Waals surface area contributed by atoms with E-state index >= 15 is 0 Å². The van der Waals surface area contributed by atoms with E-state index in [9.17, 15) is 0 Å². The van der Waals surface area contributed by atoms with E-state index in [2.05, 4.69) is 16.7 Å². The van der Waals surface area contributed by atoms with E-state index in [1.165, 1.54) is 19.4 Å². The van der Waals surface area contributed by atoms with E-state index in [-0.39, 0.29) is 0 Å². The van der Waals surface area contributed by atoms with Crippen molar-refractivity contribution in [3.05, 3.63) is 6.92 Å². The number of hydrogen-bond donors (Lipinski definition) is 0. The van der Waals surface area contributed by atoms with Crippen LogP contribution in [-0.4, -0.2) is 75.0 Å². The van der Waals surface area contributed by atoms with Gasteiger partial charge in [-0.2, -0.15) is 0 Å². The average Bonchev–Trinajstić information content (AvgIpc) is 2.46. The van der Waals surface area contributed by atoms with Crippen molar-refractivity contribution < 1.29 is 9.47 Å². The minimum absolute atomic E-state index is 0.648. The lowest BCUT2D eigenvalue weighted by atomic mass is 10.1. The van der Waals surface area contributed by atoms with Gasteiger partial charge >= 0.3 is 0 Å². The molecule has 1 unspecified atom stereocenters. The molecule has 0 spiro atoms. The summed E-state index contributed by atoms with van der Waals surface area (Å²) in [6.45, 7) is 13.3. The number of morpholine rings is 2. The standard InChI is InChI=1S/C14H27N2O2/c1-2-14(16-8-12-18-13-9-16)4-3-5-15-6-10-17-11-7-15/h14H,1-13H2. The summed E-state index contributed by atoms with van der Waals surface area (Å²) in [5.74, 6) is 0. The molecule has 0 amide bonds. The Hall–Kier alpha value is -0.160. The lowest BCUT2D eigenvalue weighted by Gasteiger charge is -2.34. The van der Waals surface area contributed by atoms with Gasteiger partial charge in [0.2, 0.25) is 0 Å². The second-order valence-corrected chi connectivity index (χ2v) is 5.19. The highest BCUT2D eigenvalue weighted by atomic mass is 16.5. The van der Waals surface area contributed by atoms with Crippen LogP contribution in [-0.2, 0) is 9.47 Å². The largest absolute Gasteiger partial charge is 0.379 e. The highest BCUT2D eigenvalue weighted by Crippen LogP contribution is 2.13. The zero-order valence-electron chi connectivity index (χ0n) is 11.5. The Balaban J connectivity index is 1.63. The number of hydrogen-bond acceptors (Lipinski definition) is 4. The van der Waals surface area contributed by atoms with Gasteiger partial charge in [0, 0.05) is 32.2 Å². The van der Waals surface area contributed by atoms with E-state index in [0.717, 1.165) is 59.0 Å². The average molecular weight is 255 g/mol. The maximum Gasteiger partial charge on any atom is 0.0594 e. The smallest absolute Gasteiger partial charge is 0.0594 e. The van der Waals surface area contributed by atoms with Crippen LogP contribution in [0.5, 0.6) is 0 Å². The number of rotatable bonds is 6. The predicted octanol–water partition coefficient (Wildman–Crippen LogP) is 1.02. The van der Waals surface area contributed by atoms with Crippen LogP contribution >= 0.6 is 0 Å². The van der Waals surface area contributed by atoms with Gasteiger partial charge in [0.05, 0.1) is 26.4 Å². The van der Waals surface area contributed by atoms with Crippen molar-refractivity contribution in [1.29, 1.82) is 0 Å². The quantitative estimate of drug-likeness (QED) is 0.707. The van der Waals surface area contributed by atoms with Crippen LogP contribution in [0.25, 0.3) is 0 Å². The van der Waals surface area contributed by atoms with Crippen molar-refractivity contribution in [2.75, 3.05) is 59.2 Å². The highest BCUT2D eigenvalue weighted by molar-refractivity contribution is 4.75. The zero-order valence-corrected chi connectivity index (χ0v) is 11.5. The monoisotopic (exact) mass is 255 g/mol. The Bertz CT molecular complexity index is 214. The second-order valence-electron chi connectivity index (χ2n) is 5.19. The highest BCUT2D eigenvalue weighted by Gasteiger charge is 2.19. The van der Waals surface area contributed by atoms with Crippen LogP contribution in [0.1, 0.15) is 19.3 Å². The Morgan fingerprint density at radius 3 is 2.17 bits per heavy atom. The maximum absolute atomic E-state index is 5.41. The molecule has 0 N–H and O–H groups in total. The van der Waals surface area contributed by atoms with Crippen LogP contribution in [0.3, 0.4) is 0 Å². The van der Waals surface area contributed by atoms with Gasteiger partial charge < -0.3 is 9.47 Å². The Kier molecular flexibility index (Phi) is 6.41. The molecular weight excluding hydrogens is 228 g/mol. The van der Waals surface area contributed by atoms with Crippen LogP contribution in [0.2, 0.25) is 0 Å². The lowest BCUT2D eigenvalue weighted by Crippen LogP contribution is -2.44. The van der Waals surface area contributed by atoms with Crippen molar-refractivity contribution in [2.45, 2.75) is 25.3 Å². The minimum Gasteiger partial charge on any atom is -0.379 e. The molecule has 2 aliphatic rings. The molecule has 0 saturated carbocycles. The Morgan fingerprint density at radius 1 is 0.944 bits per heavy atom. The first-order valence-corrected chi connectivity index (χ1v) is 7.31. The third-order valence-corrected chi connectivity index (χ3v) is 4.01. The number of nitrogens with zero attached hydrogens (tertiary/aromatic N) is 2. The molecule has 2 fully saturated rings. The first-order chi connectivity index (χ1) is 8.90. The van der Waals surface area contributed by atoms with Crippen molar-refractivity contribution in [2.24, 2.45) is 0 Å². The summed E-state index contributed by atoms with van der Waals surface area (Å²) in [4.78, 5) is 5.07.